The maximum atomic E-state index is 13.2. The number of nitrogens with two attached hydrogens (primary N) is 1. The van der Waals surface area contributed by atoms with Crippen LogP contribution in [0.2, 0.25) is 0 Å². The molecule has 4 rings (SSSR count). The van der Waals surface area contributed by atoms with Gasteiger partial charge in [-0.1, -0.05) is 17.7 Å². The highest BCUT2D eigenvalue weighted by Gasteiger charge is 2.32. The van der Waals surface area contributed by atoms with Gasteiger partial charge in [0.2, 0.25) is 0 Å². The van der Waals surface area contributed by atoms with E-state index >= 15 is 0 Å². The number of aryl methyl sites for hydroxylation is 1. The summed E-state index contributed by atoms with van der Waals surface area (Å²) in [6, 6.07) is 8.49. The van der Waals surface area contributed by atoms with Crippen LogP contribution in [-0.4, -0.2) is 39.7 Å². The summed E-state index contributed by atoms with van der Waals surface area (Å²) in [5, 5.41) is 4.77. The number of rotatable bonds is 3. The van der Waals surface area contributed by atoms with Crippen LogP contribution in [0.3, 0.4) is 0 Å². The molecular formula is C21H28N4O. The number of piperidine rings is 1. The van der Waals surface area contributed by atoms with E-state index in [9.17, 15) is 4.79 Å². The third-order valence-electron chi connectivity index (χ3n) is 5.90. The van der Waals surface area contributed by atoms with Gasteiger partial charge in [0, 0.05) is 30.4 Å². The Morgan fingerprint density at radius 2 is 2.00 bits per heavy atom. The van der Waals surface area contributed by atoms with E-state index in [1.165, 1.54) is 11.3 Å². The molecule has 1 amide bonds. The highest BCUT2D eigenvalue weighted by molar-refractivity contribution is 5.94. The monoisotopic (exact) mass is 352 g/mol. The Morgan fingerprint density at radius 1 is 1.23 bits per heavy atom. The topological polar surface area (TPSA) is 64.2 Å². The lowest BCUT2D eigenvalue weighted by Gasteiger charge is -2.34. The summed E-state index contributed by atoms with van der Waals surface area (Å²) in [4.78, 5) is 15.2. The van der Waals surface area contributed by atoms with E-state index in [0.717, 1.165) is 56.4 Å². The average Bonchev–Trinajstić information content (AvgIpc) is 3.25. The third-order valence-corrected chi connectivity index (χ3v) is 5.90. The van der Waals surface area contributed by atoms with Crippen LogP contribution in [0.4, 0.5) is 0 Å². The first-order valence-electron chi connectivity index (χ1n) is 9.77. The predicted octanol–water partition coefficient (Wildman–Crippen LogP) is 2.87. The van der Waals surface area contributed by atoms with Crippen LogP contribution in [-0.2, 0) is 12.8 Å². The van der Waals surface area contributed by atoms with Crippen LogP contribution in [0, 0.1) is 12.8 Å². The normalized spacial score (nSPS) is 20.9. The second-order valence-corrected chi connectivity index (χ2v) is 7.89. The molecule has 5 heteroatoms. The zero-order valence-electron chi connectivity index (χ0n) is 15.7. The third kappa shape index (κ3) is 3.05. The van der Waals surface area contributed by atoms with Gasteiger partial charge in [-0.05, 0) is 64.0 Å². The molecule has 2 aliphatic rings. The molecule has 2 heterocycles. The molecule has 1 aliphatic heterocycles. The van der Waals surface area contributed by atoms with E-state index < -0.39 is 0 Å². The van der Waals surface area contributed by atoms with E-state index in [4.69, 9.17) is 10.8 Å². The number of likely N-dealkylation sites (tertiary alicyclic amines) is 1. The van der Waals surface area contributed by atoms with Gasteiger partial charge in [-0.15, -0.1) is 0 Å². The molecule has 0 radical (unpaired) electrons. The van der Waals surface area contributed by atoms with Crippen molar-refractivity contribution in [1.29, 1.82) is 0 Å². The Labute approximate surface area is 155 Å². The minimum atomic E-state index is 0.0827. The maximum absolute atomic E-state index is 13.2. The largest absolute Gasteiger partial charge is 0.337 e. The minimum Gasteiger partial charge on any atom is -0.337 e. The number of carbonyl (C=O) groups excluding carboxylic acids is 1. The van der Waals surface area contributed by atoms with Crippen molar-refractivity contribution in [3.8, 4) is 5.69 Å². The van der Waals surface area contributed by atoms with Gasteiger partial charge in [-0.2, -0.15) is 5.10 Å². The summed E-state index contributed by atoms with van der Waals surface area (Å²) < 4.78 is 1.99. The van der Waals surface area contributed by atoms with Gasteiger partial charge in [0.1, 0.15) is 0 Å². The lowest BCUT2D eigenvalue weighted by Crippen LogP contribution is -2.45. The number of nitrogens with zero attached hydrogens (tertiary/aromatic N) is 3. The lowest BCUT2D eigenvalue weighted by atomic mass is 9.92. The van der Waals surface area contributed by atoms with E-state index in [0.29, 0.717) is 11.6 Å². The zero-order chi connectivity index (χ0) is 18.3. The van der Waals surface area contributed by atoms with Gasteiger partial charge in [0.05, 0.1) is 5.69 Å². The number of aromatic nitrogens is 2. The first-order valence-corrected chi connectivity index (χ1v) is 9.77. The second kappa shape index (κ2) is 6.88. The fourth-order valence-electron chi connectivity index (χ4n) is 4.28. The fourth-order valence-corrected chi connectivity index (χ4v) is 4.28. The molecule has 0 bridgehead atoms. The fraction of sp³-hybridized carbons (Fsp3) is 0.524. The highest BCUT2D eigenvalue weighted by atomic mass is 16.2. The molecule has 0 spiro atoms. The number of benzene rings is 1. The molecular weight excluding hydrogens is 324 g/mol. The summed E-state index contributed by atoms with van der Waals surface area (Å²) in [5.74, 6) is 0.472. The number of hydrogen-bond acceptors (Lipinski definition) is 3. The van der Waals surface area contributed by atoms with E-state index in [-0.39, 0.29) is 11.9 Å². The molecule has 138 valence electrons. The molecule has 0 saturated carbocycles. The van der Waals surface area contributed by atoms with Crippen LogP contribution < -0.4 is 5.73 Å². The van der Waals surface area contributed by atoms with Crippen molar-refractivity contribution in [3.05, 3.63) is 46.8 Å². The Morgan fingerprint density at radius 3 is 2.73 bits per heavy atom. The zero-order valence-corrected chi connectivity index (χ0v) is 15.7. The minimum absolute atomic E-state index is 0.0827. The first-order chi connectivity index (χ1) is 12.5. The van der Waals surface area contributed by atoms with E-state index in [1.54, 1.807) is 0 Å². The molecule has 26 heavy (non-hydrogen) atoms. The molecule has 2 N–H and O–H groups in total. The molecule has 1 fully saturated rings. The number of fused-ring (bicyclic) bond motifs is 1. The van der Waals surface area contributed by atoms with Crippen molar-refractivity contribution < 1.29 is 4.79 Å². The van der Waals surface area contributed by atoms with Gasteiger partial charge < -0.3 is 10.6 Å². The van der Waals surface area contributed by atoms with Crippen LogP contribution in [0.5, 0.6) is 0 Å². The number of hydrogen-bond donors (Lipinski definition) is 1. The van der Waals surface area contributed by atoms with E-state index in [2.05, 4.69) is 31.2 Å². The molecule has 1 aliphatic carbocycles. The Kier molecular flexibility index (Phi) is 4.57. The Hall–Kier alpha value is -2.14. The highest BCUT2D eigenvalue weighted by Crippen LogP contribution is 2.30. The van der Waals surface area contributed by atoms with Crippen molar-refractivity contribution in [2.75, 3.05) is 13.1 Å². The van der Waals surface area contributed by atoms with E-state index in [1.807, 2.05) is 16.5 Å². The quantitative estimate of drug-likeness (QED) is 0.924. The van der Waals surface area contributed by atoms with Crippen LogP contribution in [0.1, 0.15) is 53.5 Å². The standard InChI is InChI=1S/C21H28N4O/c1-14-8-10-17(11-9-14)25-19-7-3-6-18(19)20(23-25)21(26)24-12-4-5-16(13-24)15(2)22/h8-11,15-16H,3-7,12-13,22H2,1-2H3. The number of carbonyl (C=O) groups is 1. The number of amides is 1. The molecule has 1 aromatic carbocycles. The van der Waals surface area contributed by atoms with Gasteiger partial charge >= 0.3 is 0 Å². The maximum Gasteiger partial charge on any atom is 0.274 e. The SMILES string of the molecule is Cc1ccc(-n2nc(C(=O)N3CCCC(C(C)N)C3)c3c2CCC3)cc1. The summed E-state index contributed by atoms with van der Waals surface area (Å²) >= 11 is 0. The van der Waals surface area contributed by atoms with Crippen LogP contribution in [0.15, 0.2) is 24.3 Å². The van der Waals surface area contributed by atoms with Crippen molar-refractivity contribution in [2.45, 2.75) is 52.0 Å². The first kappa shape index (κ1) is 17.3. The van der Waals surface area contributed by atoms with Crippen LogP contribution in [0.25, 0.3) is 5.69 Å². The summed E-state index contributed by atoms with van der Waals surface area (Å²) in [6.07, 6.45) is 5.18. The van der Waals surface area contributed by atoms with Crippen molar-refractivity contribution in [3.63, 3.8) is 0 Å². The van der Waals surface area contributed by atoms with Gasteiger partial charge in [-0.25, -0.2) is 4.68 Å². The lowest BCUT2D eigenvalue weighted by molar-refractivity contribution is 0.0653. The average molecular weight is 352 g/mol. The second-order valence-electron chi connectivity index (χ2n) is 7.89. The van der Waals surface area contributed by atoms with Gasteiger partial charge in [0.15, 0.2) is 5.69 Å². The van der Waals surface area contributed by atoms with Crippen molar-refractivity contribution in [2.24, 2.45) is 11.7 Å². The van der Waals surface area contributed by atoms with Crippen molar-refractivity contribution >= 4 is 5.91 Å². The Balaban J connectivity index is 1.66. The van der Waals surface area contributed by atoms with Gasteiger partial charge in [-0.3, -0.25) is 4.79 Å². The molecule has 2 aromatic rings. The smallest absolute Gasteiger partial charge is 0.274 e. The molecule has 2 atom stereocenters. The van der Waals surface area contributed by atoms with Crippen molar-refractivity contribution in [1.82, 2.24) is 14.7 Å². The van der Waals surface area contributed by atoms with Gasteiger partial charge in [0.25, 0.3) is 5.91 Å². The summed E-state index contributed by atoms with van der Waals surface area (Å²) in [6.45, 7) is 5.69. The summed E-state index contributed by atoms with van der Waals surface area (Å²) in [5.41, 5.74) is 11.4. The Bertz CT molecular complexity index is 806. The summed E-state index contributed by atoms with van der Waals surface area (Å²) in [7, 11) is 0. The molecule has 1 saturated heterocycles. The predicted molar refractivity (Wildman–Crippen MR) is 103 cm³/mol. The molecule has 5 nitrogen and oxygen atoms in total. The van der Waals surface area contributed by atoms with Crippen LogP contribution >= 0.6 is 0 Å². The molecule has 1 aromatic heterocycles. The molecule has 2 unspecified atom stereocenters.